The highest BCUT2D eigenvalue weighted by Gasteiger charge is 2.18. The minimum absolute atomic E-state index is 0.00873. The van der Waals surface area contributed by atoms with E-state index in [-0.39, 0.29) is 23.5 Å². The van der Waals surface area contributed by atoms with Gasteiger partial charge in [-0.2, -0.15) is 5.26 Å². The van der Waals surface area contributed by atoms with Gasteiger partial charge < -0.3 is 10.5 Å². The molecule has 1 rings (SSSR count). The van der Waals surface area contributed by atoms with Gasteiger partial charge in [0.05, 0.1) is 29.2 Å². The molecule has 6 nitrogen and oxygen atoms in total. The molecule has 78 valence electrons. The van der Waals surface area contributed by atoms with Crippen molar-refractivity contribution in [2.75, 3.05) is 7.11 Å². The molecule has 0 amide bonds. The number of hydrogen-bond acceptors (Lipinski definition) is 5. The average Bonchev–Trinajstić information content (AvgIpc) is 2.26. The lowest BCUT2D eigenvalue weighted by Crippen LogP contribution is -2.05. The zero-order valence-corrected chi connectivity index (χ0v) is 8.06. The van der Waals surface area contributed by atoms with Gasteiger partial charge in [-0.05, 0) is 6.07 Å². The lowest BCUT2D eigenvalue weighted by atomic mass is 10.1. The molecular weight excluding hydrogens is 198 g/mol. The Morgan fingerprint density at radius 3 is 2.73 bits per heavy atom. The summed E-state index contributed by atoms with van der Waals surface area (Å²) in [6.07, 6.45) is 0. The zero-order valence-electron chi connectivity index (χ0n) is 8.06. The van der Waals surface area contributed by atoms with Crippen molar-refractivity contribution < 1.29 is 9.66 Å². The van der Waals surface area contributed by atoms with E-state index in [0.717, 1.165) is 0 Å². The highest BCUT2D eigenvalue weighted by Crippen LogP contribution is 2.29. The number of nitriles is 1. The Labute approximate surface area is 86.0 Å². The van der Waals surface area contributed by atoms with Gasteiger partial charge >= 0.3 is 0 Å². The Balaban J connectivity index is 3.47. The van der Waals surface area contributed by atoms with E-state index in [1.165, 1.54) is 19.2 Å². The van der Waals surface area contributed by atoms with Crippen LogP contribution in [0.2, 0.25) is 0 Å². The fourth-order valence-electron chi connectivity index (χ4n) is 1.25. The fourth-order valence-corrected chi connectivity index (χ4v) is 1.25. The maximum atomic E-state index is 10.7. The molecule has 2 N–H and O–H groups in total. The van der Waals surface area contributed by atoms with E-state index in [0.29, 0.717) is 5.56 Å². The summed E-state index contributed by atoms with van der Waals surface area (Å²) in [5, 5.41) is 19.4. The van der Waals surface area contributed by atoms with Crippen LogP contribution < -0.4 is 10.5 Å². The first-order chi connectivity index (χ1) is 7.13. The second-order valence-corrected chi connectivity index (χ2v) is 2.75. The van der Waals surface area contributed by atoms with Crippen molar-refractivity contribution in [3.05, 3.63) is 33.4 Å². The summed E-state index contributed by atoms with van der Waals surface area (Å²) in [5.74, 6) is 0.267. The monoisotopic (exact) mass is 207 g/mol. The quantitative estimate of drug-likeness (QED) is 0.586. The van der Waals surface area contributed by atoms with Crippen LogP contribution in [0.25, 0.3) is 0 Å². The molecule has 1 aromatic rings. The van der Waals surface area contributed by atoms with Gasteiger partial charge in [-0.3, -0.25) is 10.1 Å². The third-order valence-electron chi connectivity index (χ3n) is 1.94. The number of nitro benzene ring substituents is 1. The lowest BCUT2D eigenvalue weighted by molar-refractivity contribution is -0.385. The third kappa shape index (κ3) is 2.03. The first kappa shape index (κ1) is 10.9. The minimum atomic E-state index is -0.578. The molecule has 6 heteroatoms. The van der Waals surface area contributed by atoms with E-state index in [4.69, 9.17) is 15.7 Å². The smallest absolute Gasteiger partial charge is 0.278 e. The number of benzene rings is 1. The molecule has 0 heterocycles. The highest BCUT2D eigenvalue weighted by molar-refractivity contribution is 5.55. The summed E-state index contributed by atoms with van der Waals surface area (Å²) in [6, 6.07) is 4.43. The number of rotatable bonds is 3. The Morgan fingerprint density at radius 2 is 2.33 bits per heavy atom. The fraction of sp³-hybridized carbons (Fsp3) is 0.222. The molecule has 0 fully saturated rings. The van der Waals surface area contributed by atoms with Crippen LogP contribution in [0.4, 0.5) is 5.69 Å². The molecule has 0 spiro atoms. The van der Waals surface area contributed by atoms with Crippen LogP contribution in [0.3, 0.4) is 0 Å². The van der Waals surface area contributed by atoms with Gasteiger partial charge in [0.1, 0.15) is 5.75 Å². The van der Waals surface area contributed by atoms with Gasteiger partial charge in [0.25, 0.3) is 5.69 Å². The number of nitro groups is 1. The molecule has 0 aliphatic carbocycles. The lowest BCUT2D eigenvalue weighted by Gasteiger charge is -2.07. The summed E-state index contributed by atoms with van der Waals surface area (Å²) in [6.45, 7) is -0.00873. The molecule has 0 radical (unpaired) electrons. The summed E-state index contributed by atoms with van der Waals surface area (Å²) >= 11 is 0. The molecule has 0 saturated heterocycles. The van der Waals surface area contributed by atoms with Gasteiger partial charge in [0.15, 0.2) is 0 Å². The molecule has 0 aromatic heterocycles. The zero-order chi connectivity index (χ0) is 11.4. The second-order valence-electron chi connectivity index (χ2n) is 2.75. The Bertz CT molecular complexity index is 437. The maximum Gasteiger partial charge on any atom is 0.278 e. The molecule has 0 aliphatic rings. The standard InChI is InChI=1S/C9H9N3O3/c1-15-9-3-6(4-10)2-8(12(13)14)7(9)5-11/h2-3H,5,11H2,1H3. The predicted molar refractivity (Wildman–Crippen MR) is 52.3 cm³/mol. The molecule has 0 unspecified atom stereocenters. The maximum absolute atomic E-state index is 10.7. The van der Waals surface area contributed by atoms with Crippen LogP contribution in [0.5, 0.6) is 5.75 Å². The van der Waals surface area contributed by atoms with Crippen molar-refractivity contribution in [2.45, 2.75) is 6.54 Å². The van der Waals surface area contributed by atoms with Crippen molar-refractivity contribution in [2.24, 2.45) is 5.73 Å². The van der Waals surface area contributed by atoms with Gasteiger partial charge in [-0.25, -0.2) is 0 Å². The second kappa shape index (κ2) is 4.39. The van der Waals surface area contributed by atoms with E-state index >= 15 is 0 Å². The molecule has 0 saturated carbocycles. The Morgan fingerprint density at radius 1 is 1.67 bits per heavy atom. The Hall–Kier alpha value is -2.13. The average molecular weight is 207 g/mol. The molecule has 0 bridgehead atoms. The van der Waals surface area contributed by atoms with E-state index < -0.39 is 4.92 Å². The van der Waals surface area contributed by atoms with Crippen LogP contribution in [-0.4, -0.2) is 12.0 Å². The van der Waals surface area contributed by atoms with Gasteiger partial charge in [0.2, 0.25) is 0 Å². The van der Waals surface area contributed by atoms with Gasteiger partial charge in [-0.15, -0.1) is 0 Å². The number of methoxy groups -OCH3 is 1. The van der Waals surface area contributed by atoms with Crippen LogP contribution in [-0.2, 0) is 6.54 Å². The minimum Gasteiger partial charge on any atom is -0.496 e. The predicted octanol–water partition coefficient (Wildman–Crippen LogP) is 0.934. The number of nitrogens with two attached hydrogens (primary N) is 1. The van der Waals surface area contributed by atoms with Crippen molar-refractivity contribution >= 4 is 5.69 Å². The molecule has 0 atom stereocenters. The third-order valence-corrected chi connectivity index (χ3v) is 1.94. The normalized spacial score (nSPS) is 9.40. The largest absolute Gasteiger partial charge is 0.496 e. The SMILES string of the molecule is COc1cc(C#N)cc([N+](=O)[O-])c1CN. The number of nitrogens with zero attached hydrogens (tertiary/aromatic N) is 2. The van der Waals surface area contributed by atoms with Crippen LogP contribution in [0.15, 0.2) is 12.1 Å². The summed E-state index contributed by atoms with van der Waals surface area (Å²) in [7, 11) is 1.37. The number of ether oxygens (including phenoxy) is 1. The molecule has 15 heavy (non-hydrogen) atoms. The topological polar surface area (TPSA) is 102 Å². The van der Waals surface area contributed by atoms with E-state index in [1.807, 2.05) is 6.07 Å². The first-order valence-corrected chi connectivity index (χ1v) is 4.09. The molecule has 0 aliphatic heterocycles. The highest BCUT2D eigenvalue weighted by atomic mass is 16.6. The van der Waals surface area contributed by atoms with E-state index in [1.54, 1.807) is 0 Å². The van der Waals surface area contributed by atoms with E-state index in [9.17, 15) is 10.1 Å². The van der Waals surface area contributed by atoms with Crippen molar-refractivity contribution in [1.82, 2.24) is 0 Å². The first-order valence-electron chi connectivity index (χ1n) is 4.09. The van der Waals surface area contributed by atoms with Gasteiger partial charge in [0, 0.05) is 12.6 Å². The summed E-state index contributed by atoms with van der Waals surface area (Å²) in [4.78, 5) is 10.1. The molecular formula is C9H9N3O3. The Kier molecular flexibility index (Phi) is 3.21. The van der Waals surface area contributed by atoms with Crippen molar-refractivity contribution in [3.8, 4) is 11.8 Å². The van der Waals surface area contributed by atoms with Gasteiger partial charge in [-0.1, -0.05) is 0 Å². The van der Waals surface area contributed by atoms with Crippen molar-refractivity contribution in [3.63, 3.8) is 0 Å². The van der Waals surface area contributed by atoms with E-state index in [2.05, 4.69) is 0 Å². The van der Waals surface area contributed by atoms with Crippen LogP contribution in [0.1, 0.15) is 11.1 Å². The van der Waals surface area contributed by atoms with Crippen LogP contribution >= 0.6 is 0 Å². The molecule has 1 aromatic carbocycles. The van der Waals surface area contributed by atoms with Crippen molar-refractivity contribution in [1.29, 1.82) is 5.26 Å². The summed E-state index contributed by atoms with van der Waals surface area (Å²) < 4.78 is 4.93. The summed E-state index contributed by atoms with van der Waals surface area (Å²) in [5.41, 5.74) is 5.67. The number of hydrogen-bond donors (Lipinski definition) is 1. The van der Waals surface area contributed by atoms with Crippen LogP contribution in [0, 0.1) is 21.4 Å².